The summed E-state index contributed by atoms with van der Waals surface area (Å²) < 4.78 is 7.66. The van der Waals surface area contributed by atoms with Gasteiger partial charge in [0.15, 0.2) is 6.10 Å². The number of halogens is 1. The van der Waals surface area contributed by atoms with Crippen molar-refractivity contribution in [1.82, 2.24) is 9.78 Å². The van der Waals surface area contributed by atoms with Gasteiger partial charge in [0.1, 0.15) is 5.75 Å². The lowest BCUT2D eigenvalue weighted by atomic mass is 10.3. The van der Waals surface area contributed by atoms with Crippen molar-refractivity contribution in [3.8, 4) is 5.75 Å². The monoisotopic (exact) mass is 294 g/mol. The van der Waals surface area contributed by atoms with Crippen molar-refractivity contribution < 1.29 is 9.53 Å². The smallest absolute Gasteiger partial charge is 0.287 e. The average Bonchev–Trinajstić information content (AvgIpc) is 2.84. The summed E-state index contributed by atoms with van der Waals surface area (Å²) in [4.78, 5) is 11.9. The van der Waals surface area contributed by atoms with Crippen molar-refractivity contribution in [3.05, 3.63) is 47.2 Å². The van der Waals surface area contributed by atoms with Crippen LogP contribution in [0.3, 0.4) is 0 Å². The van der Waals surface area contributed by atoms with Crippen molar-refractivity contribution in [1.29, 1.82) is 0 Å². The van der Waals surface area contributed by atoms with Gasteiger partial charge in [0.2, 0.25) is 0 Å². The second-order valence-electron chi connectivity index (χ2n) is 3.48. The number of hydrogen-bond donors (Lipinski definition) is 0. The van der Waals surface area contributed by atoms with E-state index >= 15 is 0 Å². The van der Waals surface area contributed by atoms with Crippen LogP contribution in [0.25, 0.3) is 0 Å². The van der Waals surface area contributed by atoms with E-state index in [1.165, 1.54) is 4.68 Å². The molecule has 1 atom stereocenters. The molecular weight excluding hydrogens is 284 g/mol. The summed E-state index contributed by atoms with van der Waals surface area (Å²) in [5.41, 5.74) is 0. The molecule has 0 aliphatic carbocycles. The zero-order valence-corrected chi connectivity index (χ0v) is 10.8. The van der Waals surface area contributed by atoms with E-state index in [4.69, 9.17) is 4.74 Å². The quantitative estimate of drug-likeness (QED) is 0.874. The third kappa shape index (κ3) is 2.74. The number of hydrogen-bond acceptors (Lipinski definition) is 3. The molecule has 17 heavy (non-hydrogen) atoms. The Morgan fingerprint density at radius 2 is 2.18 bits per heavy atom. The molecule has 0 bridgehead atoms. The lowest BCUT2D eigenvalue weighted by molar-refractivity contribution is 0.0709. The Morgan fingerprint density at radius 1 is 1.41 bits per heavy atom. The minimum atomic E-state index is -0.589. The first-order chi connectivity index (χ1) is 8.18. The predicted octanol–water partition coefficient (Wildman–Crippen LogP) is 2.75. The van der Waals surface area contributed by atoms with Gasteiger partial charge in [-0.15, -0.1) is 0 Å². The first-order valence-electron chi connectivity index (χ1n) is 5.13. The first kappa shape index (κ1) is 11.9. The van der Waals surface area contributed by atoms with Crippen LogP contribution in [0.5, 0.6) is 5.75 Å². The molecule has 0 aliphatic heterocycles. The number of carbonyl (C=O) groups excluding carboxylic acids is 1. The summed E-state index contributed by atoms with van der Waals surface area (Å²) in [5.74, 6) is 0.436. The van der Waals surface area contributed by atoms with Crippen molar-refractivity contribution in [3.63, 3.8) is 0 Å². The molecule has 0 radical (unpaired) electrons. The van der Waals surface area contributed by atoms with Crippen LogP contribution in [0, 0.1) is 0 Å². The Labute approximate surface area is 107 Å². The predicted molar refractivity (Wildman–Crippen MR) is 67.1 cm³/mol. The van der Waals surface area contributed by atoms with Crippen LogP contribution in [-0.4, -0.2) is 21.8 Å². The van der Waals surface area contributed by atoms with Crippen LogP contribution in [0.2, 0.25) is 0 Å². The van der Waals surface area contributed by atoms with E-state index in [0.717, 1.165) is 4.47 Å². The van der Waals surface area contributed by atoms with E-state index in [-0.39, 0.29) is 5.91 Å². The number of para-hydroxylation sites is 1. The van der Waals surface area contributed by atoms with Crippen molar-refractivity contribution in [2.45, 2.75) is 13.0 Å². The minimum Gasteiger partial charge on any atom is -0.480 e. The molecule has 0 saturated carbocycles. The van der Waals surface area contributed by atoms with E-state index in [9.17, 15) is 4.79 Å². The van der Waals surface area contributed by atoms with Crippen molar-refractivity contribution >= 4 is 21.8 Å². The maximum absolute atomic E-state index is 11.9. The zero-order chi connectivity index (χ0) is 12.3. The van der Waals surface area contributed by atoms with E-state index in [2.05, 4.69) is 21.0 Å². The van der Waals surface area contributed by atoms with Gasteiger partial charge < -0.3 is 4.74 Å². The third-order valence-electron chi connectivity index (χ3n) is 2.22. The molecule has 0 saturated heterocycles. The van der Waals surface area contributed by atoms with Crippen LogP contribution >= 0.6 is 15.9 Å². The Kier molecular flexibility index (Phi) is 3.58. The van der Waals surface area contributed by atoms with Gasteiger partial charge in [-0.25, -0.2) is 4.68 Å². The highest BCUT2D eigenvalue weighted by Gasteiger charge is 2.17. The van der Waals surface area contributed by atoms with Gasteiger partial charge in [0.25, 0.3) is 5.91 Å². The van der Waals surface area contributed by atoms with Gasteiger partial charge in [-0.3, -0.25) is 4.79 Å². The summed E-state index contributed by atoms with van der Waals surface area (Å²) in [6.45, 7) is 1.70. The van der Waals surface area contributed by atoms with Gasteiger partial charge >= 0.3 is 0 Å². The van der Waals surface area contributed by atoms with Gasteiger partial charge in [0, 0.05) is 12.4 Å². The average molecular weight is 295 g/mol. The molecule has 1 aromatic carbocycles. The molecule has 0 spiro atoms. The topological polar surface area (TPSA) is 44.1 Å². The molecule has 1 aromatic heterocycles. The molecule has 4 nitrogen and oxygen atoms in total. The lowest BCUT2D eigenvalue weighted by Crippen LogP contribution is -2.29. The van der Waals surface area contributed by atoms with Crippen LogP contribution in [0.1, 0.15) is 11.7 Å². The number of ether oxygens (including phenoxy) is 1. The number of nitrogens with zero attached hydrogens (tertiary/aromatic N) is 2. The van der Waals surface area contributed by atoms with Crippen LogP contribution in [-0.2, 0) is 0 Å². The third-order valence-corrected chi connectivity index (χ3v) is 2.87. The molecule has 0 amide bonds. The summed E-state index contributed by atoms with van der Waals surface area (Å²) in [7, 11) is 0. The Balaban J connectivity index is 2.10. The standard InChI is InChI=1S/C12H11BrN2O2/c1-9(12(16)15-8-4-7-14-15)17-11-6-3-2-5-10(11)13/h2-9H,1H3/t9-/m0/s1. The molecule has 5 heteroatoms. The summed E-state index contributed by atoms with van der Waals surface area (Å²) >= 11 is 3.36. The Morgan fingerprint density at radius 3 is 2.82 bits per heavy atom. The Hall–Kier alpha value is -1.62. The molecule has 0 unspecified atom stereocenters. The van der Waals surface area contributed by atoms with Gasteiger partial charge in [-0.2, -0.15) is 5.10 Å². The maximum atomic E-state index is 11.9. The molecule has 2 rings (SSSR count). The van der Waals surface area contributed by atoms with Crippen LogP contribution in [0.15, 0.2) is 47.2 Å². The van der Waals surface area contributed by atoms with Crippen LogP contribution in [0.4, 0.5) is 0 Å². The normalized spacial score (nSPS) is 12.1. The fraction of sp³-hybridized carbons (Fsp3) is 0.167. The van der Waals surface area contributed by atoms with Crippen molar-refractivity contribution in [2.24, 2.45) is 0 Å². The second kappa shape index (κ2) is 5.14. The molecule has 0 N–H and O–H groups in total. The molecule has 0 aliphatic rings. The maximum Gasteiger partial charge on any atom is 0.287 e. The SMILES string of the molecule is C[C@H](Oc1ccccc1Br)C(=O)n1cccn1. The first-order valence-corrected chi connectivity index (χ1v) is 5.93. The second-order valence-corrected chi connectivity index (χ2v) is 4.33. The highest BCUT2D eigenvalue weighted by Crippen LogP contribution is 2.24. The fourth-order valence-corrected chi connectivity index (χ4v) is 1.74. The lowest BCUT2D eigenvalue weighted by Gasteiger charge is -2.14. The summed E-state index contributed by atoms with van der Waals surface area (Å²) in [6.07, 6.45) is 2.57. The summed E-state index contributed by atoms with van der Waals surface area (Å²) in [6, 6.07) is 9.10. The van der Waals surface area contributed by atoms with Crippen LogP contribution < -0.4 is 4.74 Å². The Bertz CT molecular complexity index is 511. The van der Waals surface area contributed by atoms with E-state index in [1.54, 1.807) is 31.5 Å². The highest BCUT2D eigenvalue weighted by atomic mass is 79.9. The molecule has 0 fully saturated rings. The molecule has 2 aromatic rings. The molecule has 88 valence electrons. The minimum absolute atomic E-state index is 0.203. The van der Waals surface area contributed by atoms with Gasteiger partial charge in [0.05, 0.1) is 4.47 Å². The fourth-order valence-electron chi connectivity index (χ4n) is 1.37. The summed E-state index contributed by atoms with van der Waals surface area (Å²) in [5, 5.41) is 3.88. The zero-order valence-electron chi connectivity index (χ0n) is 9.21. The van der Waals surface area contributed by atoms with E-state index in [1.807, 2.05) is 18.2 Å². The van der Waals surface area contributed by atoms with Gasteiger partial charge in [-0.05, 0) is 41.1 Å². The number of aromatic nitrogens is 2. The van der Waals surface area contributed by atoms with Gasteiger partial charge in [-0.1, -0.05) is 12.1 Å². The molecule has 1 heterocycles. The number of rotatable bonds is 3. The largest absolute Gasteiger partial charge is 0.480 e. The van der Waals surface area contributed by atoms with E-state index in [0.29, 0.717) is 5.75 Å². The highest BCUT2D eigenvalue weighted by molar-refractivity contribution is 9.10. The van der Waals surface area contributed by atoms with E-state index < -0.39 is 6.10 Å². The molecular formula is C12H11BrN2O2. The van der Waals surface area contributed by atoms with Crippen molar-refractivity contribution in [2.75, 3.05) is 0 Å². The number of carbonyl (C=O) groups is 1. The number of benzene rings is 1.